The van der Waals surface area contributed by atoms with E-state index in [1.165, 1.54) is 11.9 Å². The largest absolute Gasteiger partial charge is 0.329 e. The Morgan fingerprint density at radius 3 is 2.72 bits per heavy atom. The van der Waals surface area contributed by atoms with Crippen LogP contribution in [0.4, 0.5) is 23.1 Å². The van der Waals surface area contributed by atoms with Gasteiger partial charge in [-0.05, 0) is 67.8 Å². The van der Waals surface area contributed by atoms with Crippen molar-refractivity contribution >= 4 is 46.0 Å². The third-order valence-corrected chi connectivity index (χ3v) is 5.75. The van der Waals surface area contributed by atoms with E-state index in [0.29, 0.717) is 5.95 Å². The maximum atomic E-state index is 5.74. The molecule has 148 valence electrons. The lowest BCUT2D eigenvalue weighted by atomic mass is 10.2. The molecule has 0 saturated heterocycles. The highest BCUT2D eigenvalue weighted by molar-refractivity contribution is 7.97. The molecule has 4 aromatic rings. The van der Waals surface area contributed by atoms with Crippen LogP contribution in [0.5, 0.6) is 0 Å². The first kappa shape index (κ1) is 19.2. The molecule has 0 aliphatic heterocycles. The van der Waals surface area contributed by atoms with Crippen LogP contribution in [0.3, 0.4) is 0 Å². The molecule has 0 unspecified atom stereocenters. The zero-order valence-electron chi connectivity index (χ0n) is 16.8. The van der Waals surface area contributed by atoms with E-state index < -0.39 is 0 Å². The van der Waals surface area contributed by atoms with Crippen LogP contribution in [0.2, 0.25) is 0 Å². The highest BCUT2D eigenvalue weighted by Gasteiger charge is 2.11. The maximum absolute atomic E-state index is 5.74. The quantitative estimate of drug-likeness (QED) is 0.474. The van der Waals surface area contributed by atoms with Crippen molar-refractivity contribution in [1.82, 2.24) is 19.7 Å². The van der Waals surface area contributed by atoms with Crippen molar-refractivity contribution in [1.29, 1.82) is 0 Å². The molecule has 0 bridgehead atoms. The lowest BCUT2D eigenvalue weighted by Crippen LogP contribution is -2.12. The van der Waals surface area contributed by atoms with Gasteiger partial charge in [-0.2, -0.15) is 10.1 Å². The fourth-order valence-electron chi connectivity index (χ4n) is 3.19. The second-order valence-electron chi connectivity index (χ2n) is 6.93. The van der Waals surface area contributed by atoms with Crippen LogP contribution in [0.25, 0.3) is 10.9 Å². The van der Waals surface area contributed by atoms with Gasteiger partial charge in [0.25, 0.3) is 0 Å². The summed E-state index contributed by atoms with van der Waals surface area (Å²) in [5, 5.41) is 14.7. The molecule has 2 aromatic heterocycles. The SMILES string of the molecule is Cc1ccc(Nc2nccc(N(C)c3ccc4c(C)n(C)nc4c3)n2)cc1SN. The Balaban J connectivity index is 1.61. The Morgan fingerprint density at radius 2 is 1.93 bits per heavy atom. The van der Waals surface area contributed by atoms with E-state index in [2.05, 4.69) is 45.5 Å². The Morgan fingerprint density at radius 1 is 1.10 bits per heavy atom. The Labute approximate surface area is 174 Å². The summed E-state index contributed by atoms with van der Waals surface area (Å²) in [5.74, 6) is 1.32. The number of hydrogen-bond acceptors (Lipinski definition) is 7. The molecule has 0 fully saturated rings. The predicted octanol–water partition coefficient (Wildman–Crippen LogP) is 4.46. The lowest BCUT2D eigenvalue weighted by Gasteiger charge is -2.19. The lowest BCUT2D eigenvalue weighted by molar-refractivity contribution is 0.751. The number of benzene rings is 2. The molecule has 8 heteroatoms. The summed E-state index contributed by atoms with van der Waals surface area (Å²) in [4.78, 5) is 12.1. The molecule has 2 aromatic carbocycles. The fourth-order valence-corrected chi connectivity index (χ4v) is 3.64. The van der Waals surface area contributed by atoms with E-state index in [-0.39, 0.29) is 0 Å². The van der Waals surface area contributed by atoms with Gasteiger partial charge < -0.3 is 10.2 Å². The summed E-state index contributed by atoms with van der Waals surface area (Å²) in [6.45, 7) is 4.10. The van der Waals surface area contributed by atoms with Crippen LogP contribution >= 0.6 is 11.9 Å². The van der Waals surface area contributed by atoms with Crippen molar-refractivity contribution in [2.45, 2.75) is 18.7 Å². The van der Waals surface area contributed by atoms with Gasteiger partial charge in [0.1, 0.15) is 5.82 Å². The molecular formula is C21H23N7S. The van der Waals surface area contributed by atoms with Gasteiger partial charge in [0, 0.05) is 47.6 Å². The van der Waals surface area contributed by atoms with E-state index >= 15 is 0 Å². The third kappa shape index (κ3) is 3.76. The molecule has 0 aliphatic rings. The van der Waals surface area contributed by atoms with Crippen molar-refractivity contribution in [3.8, 4) is 0 Å². The number of aromatic nitrogens is 4. The predicted molar refractivity (Wildman–Crippen MR) is 120 cm³/mol. The zero-order chi connectivity index (χ0) is 20.5. The first-order valence-electron chi connectivity index (χ1n) is 9.21. The number of nitrogens with one attached hydrogen (secondary N) is 1. The van der Waals surface area contributed by atoms with Gasteiger partial charge in [0.05, 0.1) is 5.52 Å². The van der Waals surface area contributed by atoms with E-state index in [4.69, 9.17) is 5.14 Å². The maximum Gasteiger partial charge on any atom is 0.229 e. The number of anilines is 4. The summed E-state index contributed by atoms with van der Waals surface area (Å²) >= 11 is 1.23. The van der Waals surface area contributed by atoms with Crippen molar-refractivity contribution in [2.24, 2.45) is 12.2 Å². The zero-order valence-corrected chi connectivity index (χ0v) is 17.7. The normalized spacial score (nSPS) is 11.1. The highest BCUT2D eigenvalue weighted by Crippen LogP contribution is 2.28. The molecule has 7 nitrogen and oxygen atoms in total. The Hall–Kier alpha value is -3.10. The number of hydrogen-bond donors (Lipinski definition) is 2. The van der Waals surface area contributed by atoms with E-state index in [9.17, 15) is 0 Å². The molecule has 0 aliphatic carbocycles. The van der Waals surface area contributed by atoms with Crippen LogP contribution in [0.1, 0.15) is 11.3 Å². The average Bonchev–Trinajstić information content (AvgIpc) is 3.02. The highest BCUT2D eigenvalue weighted by atomic mass is 32.2. The minimum Gasteiger partial charge on any atom is -0.329 e. The van der Waals surface area contributed by atoms with Gasteiger partial charge in [-0.15, -0.1) is 0 Å². The van der Waals surface area contributed by atoms with Crippen LogP contribution in [-0.4, -0.2) is 26.8 Å². The fraction of sp³-hybridized carbons (Fsp3) is 0.190. The summed E-state index contributed by atoms with van der Waals surface area (Å²) in [6, 6.07) is 14.2. The number of aryl methyl sites for hydroxylation is 3. The average molecular weight is 406 g/mol. The second-order valence-corrected chi connectivity index (χ2v) is 7.61. The molecule has 4 rings (SSSR count). The van der Waals surface area contributed by atoms with Crippen molar-refractivity contribution in [3.05, 3.63) is 59.9 Å². The van der Waals surface area contributed by atoms with Crippen molar-refractivity contribution in [2.75, 3.05) is 17.3 Å². The number of nitrogens with two attached hydrogens (primary N) is 1. The third-order valence-electron chi connectivity index (χ3n) is 5.06. The number of rotatable bonds is 5. The topological polar surface area (TPSA) is 84.9 Å². The summed E-state index contributed by atoms with van der Waals surface area (Å²) < 4.78 is 1.90. The summed E-state index contributed by atoms with van der Waals surface area (Å²) in [7, 11) is 3.94. The number of fused-ring (bicyclic) bond motifs is 1. The van der Waals surface area contributed by atoms with Gasteiger partial charge in [-0.25, -0.2) is 4.98 Å². The molecule has 0 saturated carbocycles. The molecule has 0 spiro atoms. The van der Waals surface area contributed by atoms with E-state index in [1.54, 1.807) is 6.20 Å². The van der Waals surface area contributed by atoms with Gasteiger partial charge >= 0.3 is 0 Å². The monoisotopic (exact) mass is 405 g/mol. The molecular weight excluding hydrogens is 382 g/mol. The van der Waals surface area contributed by atoms with Crippen LogP contribution < -0.4 is 15.4 Å². The first-order valence-corrected chi connectivity index (χ1v) is 10.1. The molecule has 0 amide bonds. The Kier molecular flexibility index (Phi) is 5.12. The van der Waals surface area contributed by atoms with E-state index in [0.717, 1.165) is 44.2 Å². The second kappa shape index (κ2) is 7.73. The summed E-state index contributed by atoms with van der Waals surface area (Å²) in [5.41, 5.74) is 5.16. The minimum absolute atomic E-state index is 0.529. The minimum atomic E-state index is 0.529. The van der Waals surface area contributed by atoms with Crippen molar-refractivity contribution < 1.29 is 0 Å². The molecule has 29 heavy (non-hydrogen) atoms. The molecule has 2 heterocycles. The van der Waals surface area contributed by atoms with Crippen molar-refractivity contribution in [3.63, 3.8) is 0 Å². The molecule has 0 radical (unpaired) electrons. The smallest absolute Gasteiger partial charge is 0.229 e. The molecule has 3 N–H and O–H groups in total. The summed E-state index contributed by atoms with van der Waals surface area (Å²) in [6.07, 6.45) is 1.75. The first-order chi connectivity index (χ1) is 14.0. The van der Waals surface area contributed by atoms with Crippen LogP contribution in [-0.2, 0) is 7.05 Å². The van der Waals surface area contributed by atoms with Gasteiger partial charge in [0.15, 0.2) is 0 Å². The van der Waals surface area contributed by atoms with Gasteiger partial charge in [0.2, 0.25) is 5.95 Å². The van der Waals surface area contributed by atoms with Crippen LogP contribution in [0, 0.1) is 13.8 Å². The van der Waals surface area contributed by atoms with Gasteiger partial charge in [-0.1, -0.05) is 6.07 Å². The molecule has 0 atom stereocenters. The number of nitrogens with zero attached hydrogens (tertiary/aromatic N) is 5. The van der Waals surface area contributed by atoms with Crippen LogP contribution in [0.15, 0.2) is 53.6 Å². The van der Waals surface area contributed by atoms with E-state index in [1.807, 2.05) is 54.9 Å². The Bertz CT molecular complexity index is 1190. The van der Waals surface area contributed by atoms with Gasteiger partial charge in [-0.3, -0.25) is 9.82 Å². The standard InChI is InChI=1S/C21H23N7S/c1-13-5-6-15(11-19(13)29-22)24-21-23-10-9-20(25-21)27(3)16-7-8-17-14(2)28(4)26-18(17)12-16/h5-12H,22H2,1-4H3,(H,23,24,25).